The lowest BCUT2D eigenvalue weighted by Crippen LogP contribution is -2.59. The molecule has 3 aromatic rings. The van der Waals surface area contributed by atoms with Crippen LogP contribution in [0, 0.1) is 6.92 Å². The van der Waals surface area contributed by atoms with Crippen molar-refractivity contribution in [3.63, 3.8) is 0 Å². The van der Waals surface area contributed by atoms with Gasteiger partial charge in [-0.3, -0.25) is 9.78 Å². The van der Waals surface area contributed by atoms with E-state index in [-0.39, 0.29) is 23.4 Å². The number of halogens is 6. The highest BCUT2D eigenvalue weighted by Gasteiger charge is 2.40. The van der Waals surface area contributed by atoms with E-state index < -0.39 is 42.6 Å². The van der Waals surface area contributed by atoms with Crippen LogP contribution in [0.4, 0.5) is 26.3 Å². The number of hydrogen-bond donors (Lipinski definition) is 2. The van der Waals surface area contributed by atoms with Crippen molar-refractivity contribution in [3.8, 4) is 5.75 Å². The van der Waals surface area contributed by atoms with Gasteiger partial charge in [0.2, 0.25) is 0 Å². The number of carbonyl (C=O) groups excluding carboxylic acids is 1. The quantitative estimate of drug-likeness (QED) is 0.386. The van der Waals surface area contributed by atoms with Gasteiger partial charge in [0.25, 0.3) is 5.91 Å². The minimum Gasteiger partial charge on any atom is -0.489 e. The van der Waals surface area contributed by atoms with E-state index in [1.165, 1.54) is 30.3 Å². The molecule has 1 aliphatic carbocycles. The third kappa shape index (κ3) is 5.75. The average molecular weight is 515 g/mol. The Bertz CT molecular complexity index is 1250. The molecule has 4 rings (SSSR count). The summed E-state index contributed by atoms with van der Waals surface area (Å²) in [4.78, 5) is 16.6. The minimum atomic E-state index is -4.64. The number of carbonyl (C=O) groups is 1. The maximum absolute atomic E-state index is 13.2. The van der Waals surface area contributed by atoms with Gasteiger partial charge in [-0.25, -0.2) is 0 Å². The molecule has 2 heterocycles. The van der Waals surface area contributed by atoms with E-state index in [1.54, 1.807) is 6.92 Å². The smallest absolute Gasteiger partial charge is 0.433 e. The fourth-order valence-corrected chi connectivity index (χ4v) is 4.24. The van der Waals surface area contributed by atoms with E-state index in [9.17, 15) is 31.1 Å². The SMILES string of the molecule is Cc1oc2ccc(OCc3cccnc3C(F)(F)F)cc2c1C(=O)NC1(CNCC(F)(F)F)CCC1. The number of rotatable bonds is 8. The first-order valence-electron chi connectivity index (χ1n) is 11.1. The van der Waals surface area contributed by atoms with Crippen LogP contribution in [-0.4, -0.2) is 35.7 Å². The Morgan fingerprint density at radius 1 is 1.17 bits per heavy atom. The molecule has 2 N–H and O–H groups in total. The number of alkyl halides is 6. The second-order valence-electron chi connectivity index (χ2n) is 8.80. The Morgan fingerprint density at radius 2 is 1.92 bits per heavy atom. The lowest BCUT2D eigenvalue weighted by Gasteiger charge is -2.43. The molecule has 1 amide bonds. The van der Waals surface area contributed by atoms with Gasteiger partial charge in [-0.1, -0.05) is 6.07 Å². The van der Waals surface area contributed by atoms with Gasteiger partial charge in [0.1, 0.15) is 23.7 Å². The molecular formula is C24H23F6N3O3. The molecule has 1 aliphatic rings. The molecule has 1 aromatic carbocycles. The Kier molecular flexibility index (Phi) is 6.91. The Labute approximate surface area is 202 Å². The number of fused-ring (bicyclic) bond motifs is 1. The number of aryl methyl sites for hydroxylation is 1. The predicted octanol–water partition coefficient (Wildman–Crippen LogP) is 5.54. The Balaban J connectivity index is 1.52. The molecule has 0 spiro atoms. The van der Waals surface area contributed by atoms with Crippen LogP contribution in [0.5, 0.6) is 5.75 Å². The zero-order valence-corrected chi connectivity index (χ0v) is 19.1. The number of nitrogens with one attached hydrogen (secondary N) is 2. The Hall–Kier alpha value is -3.28. The first-order valence-corrected chi connectivity index (χ1v) is 11.1. The fourth-order valence-electron chi connectivity index (χ4n) is 4.24. The predicted molar refractivity (Wildman–Crippen MR) is 117 cm³/mol. The second kappa shape index (κ2) is 9.64. The molecule has 0 radical (unpaired) electrons. The number of aromatic nitrogens is 1. The van der Waals surface area contributed by atoms with Crippen molar-refractivity contribution < 1.29 is 40.3 Å². The van der Waals surface area contributed by atoms with Crippen LogP contribution < -0.4 is 15.4 Å². The number of ether oxygens (including phenoxy) is 1. The highest BCUT2D eigenvalue weighted by atomic mass is 19.4. The summed E-state index contributed by atoms with van der Waals surface area (Å²) in [6.45, 7) is -0.0172. The molecule has 0 aliphatic heterocycles. The van der Waals surface area contributed by atoms with Crippen LogP contribution in [0.25, 0.3) is 11.0 Å². The maximum Gasteiger partial charge on any atom is 0.433 e. The minimum absolute atomic E-state index is 0.0336. The Morgan fingerprint density at radius 3 is 2.56 bits per heavy atom. The monoisotopic (exact) mass is 515 g/mol. The van der Waals surface area contributed by atoms with Crippen molar-refractivity contribution in [1.82, 2.24) is 15.6 Å². The summed E-state index contributed by atoms with van der Waals surface area (Å²) in [6.07, 6.45) is -6.13. The normalized spacial score (nSPS) is 15.5. The lowest BCUT2D eigenvalue weighted by atomic mass is 9.76. The molecule has 36 heavy (non-hydrogen) atoms. The first kappa shape index (κ1) is 25.8. The van der Waals surface area contributed by atoms with E-state index in [2.05, 4.69) is 15.6 Å². The van der Waals surface area contributed by atoms with E-state index in [4.69, 9.17) is 9.15 Å². The molecule has 1 saturated carbocycles. The number of furan rings is 1. The van der Waals surface area contributed by atoms with Crippen LogP contribution in [0.15, 0.2) is 40.9 Å². The van der Waals surface area contributed by atoms with Gasteiger partial charge in [0.05, 0.1) is 17.6 Å². The zero-order valence-electron chi connectivity index (χ0n) is 19.1. The summed E-state index contributed by atoms with van der Waals surface area (Å²) >= 11 is 0. The van der Waals surface area contributed by atoms with E-state index >= 15 is 0 Å². The number of amides is 1. The highest BCUT2D eigenvalue weighted by molar-refractivity contribution is 6.07. The van der Waals surface area contributed by atoms with Crippen molar-refractivity contribution in [2.24, 2.45) is 0 Å². The molecular weight excluding hydrogens is 492 g/mol. The van der Waals surface area contributed by atoms with E-state index in [0.717, 1.165) is 12.6 Å². The molecule has 1 fully saturated rings. The highest BCUT2D eigenvalue weighted by Crippen LogP contribution is 2.35. The molecule has 0 saturated heterocycles. The second-order valence-corrected chi connectivity index (χ2v) is 8.80. The third-order valence-electron chi connectivity index (χ3n) is 6.09. The van der Waals surface area contributed by atoms with Crippen LogP contribution in [0.2, 0.25) is 0 Å². The summed E-state index contributed by atoms with van der Waals surface area (Å²) in [6, 6.07) is 7.16. The number of benzene rings is 1. The molecule has 0 atom stereocenters. The number of nitrogens with zero attached hydrogens (tertiary/aromatic N) is 1. The number of pyridine rings is 1. The van der Waals surface area contributed by atoms with Crippen LogP contribution >= 0.6 is 0 Å². The first-order chi connectivity index (χ1) is 16.9. The van der Waals surface area contributed by atoms with Crippen molar-refractivity contribution in [2.45, 2.75) is 50.7 Å². The van der Waals surface area contributed by atoms with Crippen molar-refractivity contribution in [3.05, 3.63) is 59.1 Å². The van der Waals surface area contributed by atoms with Gasteiger partial charge in [-0.05, 0) is 50.5 Å². The van der Waals surface area contributed by atoms with Gasteiger partial charge >= 0.3 is 12.4 Å². The summed E-state index contributed by atoms with van der Waals surface area (Å²) in [5.74, 6) is -0.00737. The maximum atomic E-state index is 13.2. The largest absolute Gasteiger partial charge is 0.489 e. The molecule has 6 nitrogen and oxygen atoms in total. The van der Waals surface area contributed by atoms with Crippen LogP contribution in [-0.2, 0) is 12.8 Å². The molecule has 12 heteroatoms. The number of hydrogen-bond acceptors (Lipinski definition) is 5. The molecule has 194 valence electrons. The van der Waals surface area contributed by atoms with Crippen LogP contribution in [0.1, 0.15) is 46.6 Å². The van der Waals surface area contributed by atoms with Gasteiger partial charge in [-0.15, -0.1) is 0 Å². The van der Waals surface area contributed by atoms with Crippen molar-refractivity contribution in [2.75, 3.05) is 13.1 Å². The van der Waals surface area contributed by atoms with Gasteiger partial charge in [-0.2, -0.15) is 26.3 Å². The summed E-state index contributed by atoms with van der Waals surface area (Å²) in [5.41, 5.74) is -1.45. The van der Waals surface area contributed by atoms with E-state index in [1.807, 2.05) is 0 Å². The van der Waals surface area contributed by atoms with Gasteiger partial charge < -0.3 is 19.8 Å². The van der Waals surface area contributed by atoms with E-state index in [0.29, 0.717) is 29.6 Å². The standard InChI is InChI=1S/C24H23F6N3O3/c1-14-19(21(34)33-22(7-3-8-22)12-31-13-23(25,26)27)17-10-16(5-6-18(17)36-14)35-11-15-4-2-9-32-20(15)24(28,29)30/h2,4-6,9-10,31H,3,7-8,11-13H2,1H3,(H,33,34). The van der Waals surface area contributed by atoms with Gasteiger partial charge in [0, 0.05) is 23.7 Å². The van der Waals surface area contributed by atoms with Crippen molar-refractivity contribution in [1.29, 1.82) is 0 Å². The summed E-state index contributed by atoms with van der Waals surface area (Å²) in [5, 5.41) is 5.59. The van der Waals surface area contributed by atoms with Gasteiger partial charge in [0.15, 0.2) is 5.69 Å². The molecule has 0 bridgehead atoms. The third-order valence-corrected chi connectivity index (χ3v) is 6.09. The van der Waals surface area contributed by atoms with Crippen molar-refractivity contribution >= 4 is 16.9 Å². The van der Waals surface area contributed by atoms with Crippen LogP contribution in [0.3, 0.4) is 0 Å². The zero-order chi connectivity index (χ0) is 26.1. The summed E-state index contributed by atoms with van der Waals surface area (Å²) < 4.78 is 88.4. The topological polar surface area (TPSA) is 76.4 Å². The summed E-state index contributed by atoms with van der Waals surface area (Å²) in [7, 11) is 0. The molecule has 0 unspecified atom stereocenters. The lowest BCUT2D eigenvalue weighted by molar-refractivity contribution is -0.142. The molecule has 2 aromatic heterocycles. The average Bonchev–Trinajstić information content (AvgIpc) is 3.09. The fraction of sp³-hybridized carbons (Fsp3) is 0.417.